The number of rotatable bonds is 2. The van der Waals surface area contributed by atoms with Crippen molar-refractivity contribution < 1.29 is 0 Å². The second kappa shape index (κ2) is 4.23. The smallest absolute Gasteiger partial charge is 0.208 e. The molecule has 5 heteroatoms. The number of anilines is 1. The van der Waals surface area contributed by atoms with Crippen LogP contribution in [0.15, 0.2) is 0 Å². The lowest BCUT2D eigenvalue weighted by Gasteiger charge is -2.30. The van der Waals surface area contributed by atoms with Gasteiger partial charge in [0.15, 0.2) is 0 Å². The van der Waals surface area contributed by atoms with Crippen LogP contribution < -0.4 is 10.6 Å². The van der Waals surface area contributed by atoms with Gasteiger partial charge in [-0.25, -0.2) is 0 Å². The first-order valence-electron chi connectivity index (χ1n) is 5.04. The number of aromatic nitrogens is 2. The first-order valence-corrected chi connectivity index (χ1v) is 5.86. The van der Waals surface area contributed by atoms with Crippen LogP contribution in [0.5, 0.6) is 0 Å². The molecular formula is C9H16N4S. The number of hydrogen-bond acceptors (Lipinski definition) is 5. The van der Waals surface area contributed by atoms with E-state index >= 15 is 0 Å². The predicted octanol–water partition coefficient (Wildman–Crippen LogP) is 1.02. The normalized spacial score (nSPS) is 18.9. The maximum atomic E-state index is 5.65. The Morgan fingerprint density at radius 2 is 2.14 bits per heavy atom. The van der Waals surface area contributed by atoms with Gasteiger partial charge in [-0.1, -0.05) is 11.3 Å². The molecule has 2 N–H and O–H groups in total. The van der Waals surface area contributed by atoms with Crippen molar-refractivity contribution in [3.05, 3.63) is 5.01 Å². The number of nitrogens with zero attached hydrogens (tertiary/aromatic N) is 3. The first-order chi connectivity index (χ1) is 6.79. The Hall–Kier alpha value is -0.680. The quantitative estimate of drug-likeness (QED) is 0.795. The first kappa shape index (κ1) is 9.86. The lowest BCUT2D eigenvalue weighted by molar-refractivity contribution is 0.414. The topological polar surface area (TPSA) is 55.0 Å². The summed E-state index contributed by atoms with van der Waals surface area (Å²) in [6, 6.07) is 0. The Bertz CT molecular complexity index is 291. The van der Waals surface area contributed by atoms with Crippen molar-refractivity contribution in [1.82, 2.24) is 10.2 Å². The minimum absolute atomic E-state index is 0.709. The lowest BCUT2D eigenvalue weighted by atomic mass is 9.98. The molecule has 0 aromatic carbocycles. The van der Waals surface area contributed by atoms with Crippen molar-refractivity contribution in [2.75, 3.05) is 24.5 Å². The fourth-order valence-corrected chi connectivity index (χ4v) is 2.51. The molecule has 0 spiro atoms. The zero-order valence-electron chi connectivity index (χ0n) is 8.44. The number of piperidine rings is 1. The van der Waals surface area contributed by atoms with E-state index in [0.29, 0.717) is 5.92 Å². The van der Waals surface area contributed by atoms with Crippen LogP contribution in [0.2, 0.25) is 0 Å². The summed E-state index contributed by atoms with van der Waals surface area (Å²) in [4.78, 5) is 2.32. The Kier molecular flexibility index (Phi) is 2.98. The molecule has 0 radical (unpaired) electrons. The Morgan fingerprint density at radius 1 is 1.43 bits per heavy atom. The average Bonchev–Trinajstić information content (AvgIpc) is 2.65. The van der Waals surface area contributed by atoms with Gasteiger partial charge in [-0.15, -0.1) is 10.2 Å². The summed E-state index contributed by atoms with van der Waals surface area (Å²) in [6.07, 6.45) is 2.38. The Morgan fingerprint density at radius 3 is 2.64 bits per heavy atom. The summed E-state index contributed by atoms with van der Waals surface area (Å²) in [5.41, 5.74) is 5.65. The highest BCUT2D eigenvalue weighted by Gasteiger charge is 2.20. The molecule has 0 aliphatic carbocycles. The van der Waals surface area contributed by atoms with Crippen LogP contribution in [-0.4, -0.2) is 29.8 Å². The van der Waals surface area contributed by atoms with E-state index in [2.05, 4.69) is 15.1 Å². The summed E-state index contributed by atoms with van der Waals surface area (Å²) in [5.74, 6) is 0.709. The minimum Gasteiger partial charge on any atom is -0.347 e. The monoisotopic (exact) mass is 212 g/mol. The van der Waals surface area contributed by atoms with Gasteiger partial charge in [0.1, 0.15) is 5.01 Å². The molecule has 1 aliphatic heterocycles. The number of nitrogens with two attached hydrogens (primary N) is 1. The lowest BCUT2D eigenvalue weighted by Crippen LogP contribution is -2.35. The van der Waals surface area contributed by atoms with Gasteiger partial charge in [-0.2, -0.15) is 0 Å². The highest BCUT2D eigenvalue weighted by molar-refractivity contribution is 7.15. The van der Waals surface area contributed by atoms with Gasteiger partial charge in [0, 0.05) is 13.1 Å². The van der Waals surface area contributed by atoms with E-state index < -0.39 is 0 Å². The van der Waals surface area contributed by atoms with E-state index in [1.807, 2.05) is 6.92 Å². The van der Waals surface area contributed by atoms with Gasteiger partial charge < -0.3 is 10.6 Å². The minimum atomic E-state index is 0.709. The molecule has 0 unspecified atom stereocenters. The fourth-order valence-electron chi connectivity index (χ4n) is 1.77. The Balaban J connectivity index is 1.95. The van der Waals surface area contributed by atoms with Crippen molar-refractivity contribution in [3.8, 4) is 0 Å². The van der Waals surface area contributed by atoms with E-state index in [9.17, 15) is 0 Å². The zero-order chi connectivity index (χ0) is 9.97. The second-order valence-electron chi connectivity index (χ2n) is 3.77. The van der Waals surface area contributed by atoms with Crippen LogP contribution in [-0.2, 0) is 0 Å². The van der Waals surface area contributed by atoms with E-state index in [0.717, 1.165) is 29.8 Å². The van der Waals surface area contributed by atoms with E-state index in [1.54, 1.807) is 11.3 Å². The van der Waals surface area contributed by atoms with Crippen LogP contribution >= 0.6 is 11.3 Å². The van der Waals surface area contributed by atoms with Crippen molar-refractivity contribution in [1.29, 1.82) is 0 Å². The van der Waals surface area contributed by atoms with Crippen LogP contribution in [0.4, 0.5) is 5.13 Å². The molecule has 78 valence electrons. The fraction of sp³-hybridized carbons (Fsp3) is 0.778. The second-order valence-corrected chi connectivity index (χ2v) is 4.93. The van der Waals surface area contributed by atoms with Crippen LogP contribution in [0.1, 0.15) is 17.8 Å². The van der Waals surface area contributed by atoms with Gasteiger partial charge in [0.2, 0.25) is 5.13 Å². The van der Waals surface area contributed by atoms with E-state index in [1.165, 1.54) is 12.8 Å². The molecule has 0 atom stereocenters. The zero-order valence-corrected chi connectivity index (χ0v) is 9.26. The predicted molar refractivity (Wildman–Crippen MR) is 58.6 cm³/mol. The van der Waals surface area contributed by atoms with Gasteiger partial charge in [-0.3, -0.25) is 0 Å². The maximum Gasteiger partial charge on any atom is 0.208 e. The largest absolute Gasteiger partial charge is 0.347 e. The summed E-state index contributed by atoms with van der Waals surface area (Å²) in [5, 5.41) is 10.3. The molecule has 2 rings (SSSR count). The third-order valence-corrected chi connectivity index (χ3v) is 3.63. The molecule has 1 aromatic rings. The molecule has 1 saturated heterocycles. The van der Waals surface area contributed by atoms with Gasteiger partial charge >= 0.3 is 0 Å². The summed E-state index contributed by atoms with van der Waals surface area (Å²) < 4.78 is 0. The van der Waals surface area contributed by atoms with Gasteiger partial charge in [0.25, 0.3) is 0 Å². The number of aryl methyl sites for hydroxylation is 1. The number of hydrogen-bond donors (Lipinski definition) is 1. The Labute approximate surface area is 88.1 Å². The third kappa shape index (κ3) is 2.04. The van der Waals surface area contributed by atoms with E-state index in [4.69, 9.17) is 5.73 Å². The van der Waals surface area contributed by atoms with Gasteiger partial charge in [-0.05, 0) is 32.2 Å². The van der Waals surface area contributed by atoms with Crippen molar-refractivity contribution >= 4 is 16.5 Å². The summed E-state index contributed by atoms with van der Waals surface area (Å²) in [7, 11) is 0. The maximum absolute atomic E-state index is 5.65. The standard InChI is InChI=1S/C9H16N4S/c1-7-11-12-9(14-7)13-4-2-8(6-10)3-5-13/h8H,2-6,10H2,1H3. The average molecular weight is 212 g/mol. The van der Waals surface area contributed by atoms with E-state index in [-0.39, 0.29) is 0 Å². The van der Waals surface area contributed by atoms with Crippen LogP contribution in [0.25, 0.3) is 0 Å². The molecule has 1 fully saturated rings. The molecule has 0 amide bonds. The molecular weight excluding hydrogens is 196 g/mol. The van der Waals surface area contributed by atoms with Crippen molar-refractivity contribution in [2.45, 2.75) is 19.8 Å². The molecule has 0 bridgehead atoms. The third-order valence-electron chi connectivity index (χ3n) is 2.73. The highest BCUT2D eigenvalue weighted by atomic mass is 32.1. The molecule has 4 nitrogen and oxygen atoms in total. The highest BCUT2D eigenvalue weighted by Crippen LogP contribution is 2.25. The van der Waals surface area contributed by atoms with Gasteiger partial charge in [0.05, 0.1) is 0 Å². The molecule has 1 aromatic heterocycles. The molecule has 1 aliphatic rings. The molecule has 0 saturated carbocycles. The summed E-state index contributed by atoms with van der Waals surface area (Å²) in [6.45, 7) is 4.98. The van der Waals surface area contributed by atoms with Crippen LogP contribution in [0, 0.1) is 12.8 Å². The van der Waals surface area contributed by atoms with Crippen LogP contribution in [0.3, 0.4) is 0 Å². The SMILES string of the molecule is Cc1nnc(N2CCC(CN)CC2)s1. The molecule has 2 heterocycles. The summed E-state index contributed by atoms with van der Waals surface area (Å²) >= 11 is 1.68. The van der Waals surface area contributed by atoms with Crippen molar-refractivity contribution in [3.63, 3.8) is 0 Å². The van der Waals surface area contributed by atoms with Crippen molar-refractivity contribution in [2.24, 2.45) is 11.7 Å². The molecule has 14 heavy (non-hydrogen) atoms.